The van der Waals surface area contributed by atoms with E-state index < -0.39 is 5.50 Å². The lowest BCUT2D eigenvalue weighted by Crippen LogP contribution is -2.19. The quantitative estimate of drug-likeness (QED) is 0.426. The van der Waals surface area contributed by atoms with Crippen LogP contribution >= 0.6 is 69.7 Å². The highest BCUT2D eigenvalue weighted by Crippen LogP contribution is 2.58. The summed E-state index contributed by atoms with van der Waals surface area (Å²) in [4.78, 5) is 11.3. The van der Waals surface area contributed by atoms with Crippen LogP contribution in [0.5, 0.6) is 0 Å². The zero-order chi connectivity index (χ0) is 19.6. The summed E-state index contributed by atoms with van der Waals surface area (Å²) in [6, 6.07) is 0. The molecule has 4 heterocycles. The molecule has 0 saturated carbocycles. The SMILES string of the molecule is Cc1sc(C(C)(C)c2sc(C(C)(C)C)c3c2SCCS3)c2c1SC(F)CS2. The Morgan fingerprint density at radius 3 is 1.96 bits per heavy atom. The second-order valence-corrected chi connectivity index (χ2v) is 15.1. The zero-order valence-corrected chi connectivity index (χ0v) is 21.4. The van der Waals surface area contributed by atoms with E-state index in [0.717, 1.165) is 0 Å². The van der Waals surface area contributed by atoms with Crippen molar-refractivity contribution in [1.29, 1.82) is 0 Å². The fraction of sp³-hybridized carbons (Fsp3) is 0.600. The molecule has 0 bridgehead atoms. The summed E-state index contributed by atoms with van der Waals surface area (Å²) < 4.78 is 14.0. The van der Waals surface area contributed by atoms with E-state index in [9.17, 15) is 4.39 Å². The third kappa shape index (κ3) is 3.67. The van der Waals surface area contributed by atoms with Gasteiger partial charge in [-0.1, -0.05) is 46.4 Å². The fourth-order valence-corrected chi connectivity index (χ4v) is 12.4. The molecule has 2 aromatic rings. The summed E-state index contributed by atoms with van der Waals surface area (Å²) >= 11 is 11.1. The van der Waals surface area contributed by atoms with Crippen molar-refractivity contribution >= 4 is 69.7 Å². The second-order valence-electron chi connectivity index (χ2n) is 8.48. The Morgan fingerprint density at radius 2 is 1.33 bits per heavy atom. The Kier molecular flexibility index (Phi) is 5.79. The number of thiophene rings is 2. The van der Waals surface area contributed by atoms with Gasteiger partial charge in [0.15, 0.2) is 5.50 Å². The molecule has 0 saturated heterocycles. The van der Waals surface area contributed by atoms with Crippen molar-refractivity contribution in [2.24, 2.45) is 0 Å². The lowest BCUT2D eigenvalue weighted by atomic mass is 9.89. The van der Waals surface area contributed by atoms with Gasteiger partial charge in [-0.15, -0.1) is 58.0 Å². The van der Waals surface area contributed by atoms with Crippen molar-refractivity contribution in [2.45, 2.75) is 77.5 Å². The van der Waals surface area contributed by atoms with Crippen molar-refractivity contribution in [1.82, 2.24) is 0 Å². The molecule has 0 radical (unpaired) electrons. The Bertz CT molecular complexity index is 870. The van der Waals surface area contributed by atoms with Gasteiger partial charge in [0.1, 0.15) is 0 Å². The van der Waals surface area contributed by atoms with Gasteiger partial charge in [0.25, 0.3) is 0 Å². The fourth-order valence-electron chi connectivity index (χ4n) is 3.46. The van der Waals surface area contributed by atoms with Crippen LogP contribution in [0.15, 0.2) is 19.6 Å². The van der Waals surface area contributed by atoms with Gasteiger partial charge >= 0.3 is 0 Å². The number of aryl methyl sites for hydroxylation is 1. The zero-order valence-electron chi connectivity index (χ0n) is 16.5. The number of rotatable bonds is 2. The average Bonchev–Trinajstić information content (AvgIpc) is 3.14. The number of hydrogen-bond donors (Lipinski definition) is 0. The molecule has 0 amide bonds. The first-order valence-electron chi connectivity index (χ1n) is 9.11. The van der Waals surface area contributed by atoms with Gasteiger partial charge in [0.05, 0.1) is 0 Å². The molecule has 0 N–H and O–H groups in total. The maximum Gasteiger partial charge on any atom is 0.159 e. The second kappa shape index (κ2) is 7.45. The molecule has 0 nitrogen and oxygen atoms in total. The molecular formula is C20H25FS6. The van der Waals surface area contributed by atoms with E-state index in [1.807, 2.05) is 46.2 Å². The highest BCUT2D eigenvalue weighted by molar-refractivity contribution is 8.06. The van der Waals surface area contributed by atoms with E-state index in [4.69, 9.17) is 0 Å². The first kappa shape index (κ1) is 21.0. The average molecular weight is 477 g/mol. The van der Waals surface area contributed by atoms with Crippen molar-refractivity contribution < 1.29 is 4.39 Å². The third-order valence-corrected chi connectivity index (χ3v) is 14.0. The van der Waals surface area contributed by atoms with E-state index in [0.29, 0.717) is 5.75 Å². The molecule has 27 heavy (non-hydrogen) atoms. The molecule has 2 aliphatic rings. The third-order valence-electron chi connectivity index (χ3n) is 4.81. The van der Waals surface area contributed by atoms with Crippen LogP contribution in [0.2, 0.25) is 0 Å². The standard InChI is InChI=1S/C20H25FS6/c1-10-12-13(24-9-11(21)26-12)17(25-10)20(5,6)18-15-14(22-7-8-23-15)16(27-18)19(2,3)4/h11H,7-9H2,1-6H3. The normalized spacial score (nSPS) is 20.5. The van der Waals surface area contributed by atoms with E-state index >= 15 is 0 Å². The number of halogens is 1. The summed E-state index contributed by atoms with van der Waals surface area (Å²) in [6.07, 6.45) is 0. The smallest absolute Gasteiger partial charge is 0.159 e. The Labute approximate surface area is 187 Å². The number of alkyl halides is 1. The first-order chi connectivity index (χ1) is 12.6. The van der Waals surface area contributed by atoms with Crippen LogP contribution in [0.1, 0.15) is 54.1 Å². The van der Waals surface area contributed by atoms with Crippen molar-refractivity contribution in [3.05, 3.63) is 19.5 Å². The van der Waals surface area contributed by atoms with E-state index in [1.54, 1.807) is 11.8 Å². The predicted molar refractivity (Wildman–Crippen MR) is 127 cm³/mol. The van der Waals surface area contributed by atoms with Crippen molar-refractivity contribution in [3.63, 3.8) is 0 Å². The van der Waals surface area contributed by atoms with Crippen LogP contribution in [0.4, 0.5) is 4.39 Å². The summed E-state index contributed by atoms with van der Waals surface area (Å²) in [5.74, 6) is 2.96. The Morgan fingerprint density at radius 1 is 0.778 bits per heavy atom. The molecule has 1 unspecified atom stereocenters. The van der Waals surface area contributed by atoms with Crippen LogP contribution < -0.4 is 0 Å². The molecule has 2 aromatic heterocycles. The van der Waals surface area contributed by atoms with Crippen molar-refractivity contribution in [2.75, 3.05) is 17.3 Å². The summed E-state index contributed by atoms with van der Waals surface area (Å²) in [6.45, 7) is 13.9. The molecular weight excluding hydrogens is 452 g/mol. The minimum absolute atomic E-state index is 0.0388. The largest absolute Gasteiger partial charge is 0.234 e. The lowest BCUT2D eigenvalue weighted by Gasteiger charge is -2.27. The molecule has 0 fully saturated rings. The maximum atomic E-state index is 14.0. The monoisotopic (exact) mass is 476 g/mol. The lowest BCUT2D eigenvalue weighted by molar-refractivity contribution is 0.487. The van der Waals surface area contributed by atoms with Gasteiger partial charge in [-0.25, -0.2) is 4.39 Å². The van der Waals surface area contributed by atoms with Gasteiger partial charge in [-0.2, -0.15) is 0 Å². The number of hydrogen-bond acceptors (Lipinski definition) is 6. The van der Waals surface area contributed by atoms with Crippen molar-refractivity contribution in [3.8, 4) is 0 Å². The highest BCUT2D eigenvalue weighted by Gasteiger charge is 2.39. The predicted octanol–water partition coefficient (Wildman–Crippen LogP) is 8.43. The number of thioether (sulfide) groups is 4. The first-order valence-corrected chi connectivity index (χ1v) is 14.6. The van der Waals surface area contributed by atoms with Crippen LogP contribution in [0.25, 0.3) is 0 Å². The van der Waals surface area contributed by atoms with Gasteiger partial charge in [0.2, 0.25) is 0 Å². The molecule has 4 rings (SSSR count). The summed E-state index contributed by atoms with van der Waals surface area (Å²) in [5, 5.41) is 0. The van der Waals surface area contributed by atoms with E-state index in [-0.39, 0.29) is 10.8 Å². The number of fused-ring (bicyclic) bond motifs is 2. The van der Waals surface area contributed by atoms with Gasteiger partial charge in [-0.05, 0) is 12.3 Å². The molecule has 7 heteroatoms. The van der Waals surface area contributed by atoms with Crippen LogP contribution in [-0.4, -0.2) is 22.8 Å². The molecule has 1 atom stereocenters. The van der Waals surface area contributed by atoms with Gasteiger partial charge in [0, 0.05) is 61.8 Å². The molecule has 2 aliphatic heterocycles. The molecule has 0 spiro atoms. The maximum absolute atomic E-state index is 14.0. The topological polar surface area (TPSA) is 0 Å². The minimum atomic E-state index is -0.777. The molecule has 0 aromatic carbocycles. The van der Waals surface area contributed by atoms with E-state index in [2.05, 4.69) is 41.5 Å². The van der Waals surface area contributed by atoms with Crippen LogP contribution in [0.3, 0.4) is 0 Å². The van der Waals surface area contributed by atoms with Gasteiger partial charge in [-0.3, -0.25) is 0 Å². The van der Waals surface area contributed by atoms with Gasteiger partial charge < -0.3 is 0 Å². The van der Waals surface area contributed by atoms with E-state index in [1.165, 1.54) is 62.4 Å². The molecule has 148 valence electrons. The summed E-state index contributed by atoms with van der Waals surface area (Å²) in [7, 11) is 0. The molecule has 0 aliphatic carbocycles. The summed E-state index contributed by atoms with van der Waals surface area (Å²) in [5.41, 5.74) is -0.644. The Hall–Kier alpha value is 0.730. The minimum Gasteiger partial charge on any atom is -0.234 e. The van der Waals surface area contributed by atoms with Crippen LogP contribution in [-0.2, 0) is 10.8 Å². The van der Waals surface area contributed by atoms with Crippen LogP contribution in [0, 0.1) is 6.92 Å². The highest BCUT2D eigenvalue weighted by atomic mass is 32.2. The Balaban J connectivity index is 1.87.